The molecule has 0 aliphatic carbocycles. The minimum Gasteiger partial charge on any atom is -0.393 e. The van der Waals surface area contributed by atoms with E-state index in [0.29, 0.717) is 5.69 Å². The summed E-state index contributed by atoms with van der Waals surface area (Å²) in [5.41, 5.74) is 6.40. The largest absolute Gasteiger partial charge is 0.393 e. The summed E-state index contributed by atoms with van der Waals surface area (Å²) in [6.45, 7) is 5.17. The van der Waals surface area contributed by atoms with Crippen molar-refractivity contribution < 1.29 is 4.92 Å². The average molecular weight is 264 g/mol. The first-order chi connectivity index (χ1) is 9.11. The number of para-hydroxylation sites is 1. The van der Waals surface area contributed by atoms with Crippen molar-refractivity contribution in [1.82, 2.24) is 4.90 Å². The van der Waals surface area contributed by atoms with E-state index in [9.17, 15) is 10.1 Å². The van der Waals surface area contributed by atoms with Gasteiger partial charge in [-0.25, -0.2) is 0 Å². The van der Waals surface area contributed by atoms with E-state index in [1.165, 1.54) is 0 Å². The quantitative estimate of drug-likeness (QED) is 0.494. The van der Waals surface area contributed by atoms with E-state index in [1.54, 1.807) is 18.2 Å². The summed E-state index contributed by atoms with van der Waals surface area (Å²) in [5.74, 6) is 0. The van der Waals surface area contributed by atoms with Gasteiger partial charge in [0, 0.05) is 12.6 Å². The summed E-state index contributed by atoms with van der Waals surface area (Å²) in [7, 11) is 0. The fourth-order valence-corrected chi connectivity index (χ4v) is 2.56. The van der Waals surface area contributed by atoms with Gasteiger partial charge in [-0.3, -0.25) is 10.1 Å². The monoisotopic (exact) mass is 264 g/mol. The molecule has 1 saturated heterocycles. The van der Waals surface area contributed by atoms with Gasteiger partial charge < -0.3 is 16.0 Å². The highest BCUT2D eigenvalue weighted by Crippen LogP contribution is 2.31. The van der Waals surface area contributed by atoms with Crippen molar-refractivity contribution in [3.63, 3.8) is 0 Å². The molecule has 6 heteroatoms. The second-order valence-corrected chi connectivity index (χ2v) is 4.88. The summed E-state index contributed by atoms with van der Waals surface area (Å²) >= 11 is 0. The topological polar surface area (TPSA) is 84.4 Å². The molecule has 0 saturated carbocycles. The lowest BCUT2D eigenvalue weighted by Gasteiger charge is -2.32. The molecule has 1 aliphatic heterocycles. The standard InChI is InChI=1S/C13H20N4O2/c1-2-16-8-4-5-10(9-16)15-12-7-3-6-11(14)13(12)17(18)19/h3,6-7,10,15H,2,4-5,8-9,14H2,1H3. The van der Waals surface area contributed by atoms with E-state index >= 15 is 0 Å². The summed E-state index contributed by atoms with van der Waals surface area (Å²) in [5, 5.41) is 14.4. The van der Waals surface area contributed by atoms with E-state index in [0.717, 1.165) is 32.5 Å². The molecular weight excluding hydrogens is 244 g/mol. The number of rotatable bonds is 4. The summed E-state index contributed by atoms with van der Waals surface area (Å²) in [6.07, 6.45) is 2.14. The smallest absolute Gasteiger partial charge is 0.314 e. The molecule has 1 aromatic carbocycles. The summed E-state index contributed by atoms with van der Waals surface area (Å²) < 4.78 is 0. The van der Waals surface area contributed by atoms with Gasteiger partial charge in [0.05, 0.1) is 4.92 Å². The second kappa shape index (κ2) is 5.88. The van der Waals surface area contributed by atoms with Crippen LogP contribution in [0.25, 0.3) is 0 Å². The number of nitrogens with one attached hydrogen (secondary N) is 1. The van der Waals surface area contributed by atoms with Crippen LogP contribution >= 0.6 is 0 Å². The van der Waals surface area contributed by atoms with Crippen molar-refractivity contribution in [2.24, 2.45) is 0 Å². The molecule has 0 radical (unpaired) electrons. The Morgan fingerprint density at radius 3 is 3.05 bits per heavy atom. The minimum absolute atomic E-state index is 0.0175. The molecule has 104 valence electrons. The number of nitro benzene ring substituents is 1. The number of piperidine rings is 1. The van der Waals surface area contributed by atoms with Crippen LogP contribution in [0.3, 0.4) is 0 Å². The zero-order valence-electron chi connectivity index (χ0n) is 11.1. The highest BCUT2D eigenvalue weighted by Gasteiger charge is 2.23. The van der Waals surface area contributed by atoms with Crippen molar-refractivity contribution in [2.75, 3.05) is 30.7 Å². The van der Waals surface area contributed by atoms with Crippen LogP contribution < -0.4 is 11.1 Å². The second-order valence-electron chi connectivity index (χ2n) is 4.88. The van der Waals surface area contributed by atoms with Crippen LogP contribution in [-0.2, 0) is 0 Å². The molecule has 1 atom stereocenters. The molecule has 0 spiro atoms. The number of nitro groups is 1. The summed E-state index contributed by atoms with van der Waals surface area (Å²) in [4.78, 5) is 13.0. The highest BCUT2D eigenvalue weighted by atomic mass is 16.6. The fraction of sp³-hybridized carbons (Fsp3) is 0.538. The maximum atomic E-state index is 11.1. The molecule has 3 N–H and O–H groups in total. The van der Waals surface area contributed by atoms with Gasteiger partial charge >= 0.3 is 5.69 Å². The van der Waals surface area contributed by atoms with E-state index in [4.69, 9.17) is 5.73 Å². The van der Waals surface area contributed by atoms with Crippen molar-refractivity contribution in [3.05, 3.63) is 28.3 Å². The molecular formula is C13H20N4O2. The Kier molecular flexibility index (Phi) is 4.21. The molecule has 2 rings (SSSR count). The predicted octanol–water partition coefficient (Wildman–Crippen LogP) is 2.07. The lowest BCUT2D eigenvalue weighted by Crippen LogP contribution is -2.41. The minimum atomic E-state index is -0.419. The van der Waals surface area contributed by atoms with E-state index < -0.39 is 4.92 Å². The molecule has 1 unspecified atom stereocenters. The third kappa shape index (κ3) is 3.14. The first kappa shape index (κ1) is 13.6. The molecule has 0 amide bonds. The Morgan fingerprint density at radius 2 is 2.37 bits per heavy atom. The number of nitrogens with zero attached hydrogens (tertiary/aromatic N) is 2. The Balaban J connectivity index is 2.14. The summed E-state index contributed by atoms with van der Waals surface area (Å²) in [6, 6.07) is 5.27. The SMILES string of the molecule is CCN1CCCC(Nc2cccc(N)c2[N+](=O)[O-])C1. The lowest BCUT2D eigenvalue weighted by atomic mass is 10.1. The number of likely N-dealkylation sites (N-methyl/N-ethyl adjacent to an activating group) is 1. The molecule has 19 heavy (non-hydrogen) atoms. The van der Waals surface area contributed by atoms with Gasteiger partial charge in [0.15, 0.2) is 0 Å². The van der Waals surface area contributed by atoms with Crippen molar-refractivity contribution in [3.8, 4) is 0 Å². The number of likely N-dealkylation sites (tertiary alicyclic amines) is 1. The number of hydrogen-bond donors (Lipinski definition) is 2. The zero-order chi connectivity index (χ0) is 13.8. The third-order valence-electron chi connectivity index (χ3n) is 3.56. The normalized spacial score (nSPS) is 20.2. The average Bonchev–Trinajstić information content (AvgIpc) is 2.38. The van der Waals surface area contributed by atoms with Gasteiger partial charge in [0.1, 0.15) is 11.4 Å². The van der Waals surface area contributed by atoms with Gasteiger partial charge in [-0.05, 0) is 38.1 Å². The van der Waals surface area contributed by atoms with Crippen molar-refractivity contribution in [1.29, 1.82) is 0 Å². The van der Waals surface area contributed by atoms with Crippen LogP contribution in [-0.4, -0.2) is 35.5 Å². The third-order valence-corrected chi connectivity index (χ3v) is 3.56. The van der Waals surface area contributed by atoms with E-state index in [-0.39, 0.29) is 17.4 Å². The van der Waals surface area contributed by atoms with Crippen LogP contribution in [0.15, 0.2) is 18.2 Å². The van der Waals surface area contributed by atoms with Crippen LogP contribution in [0.4, 0.5) is 17.1 Å². The highest BCUT2D eigenvalue weighted by molar-refractivity contribution is 5.74. The first-order valence-corrected chi connectivity index (χ1v) is 6.63. The maximum absolute atomic E-state index is 11.1. The maximum Gasteiger partial charge on any atom is 0.314 e. The molecule has 0 aromatic heterocycles. The van der Waals surface area contributed by atoms with Crippen molar-refractivity contribution in [2.45, 2.75) is 25.8 Å². The molecule has 1 aliphatic rings. The Morgan fingerprint density at radius 1 is 1.58 bits per heavy atom. The van der Waals surface area contributed by atoms with E-state index in [2.05, 4.69) is 17.1 Å². The Bertz CT molecular complexity index is 464. The molecule has 1 fully saturated rings. The van der Waals surface area contributed by atoms with Gasteiger partial charge in [0.25, 0.3) is 0 Å². The molecule has 1 aromatic rings. The van der Waals surface area contributed by atoms with Crippen LogP contribution in [0, 0.1) is 10.1 Å². The molecule has 6 nitrogen and oxygen atoms in total. The van der Waals surface area contributed by atoms with Gasteiger partial charge in [-0.15, -0.1) is 0 Å². The molecule has 0 bridgehead atoms. The van der Waals surface area contributed by atoms with Crippen LogP contribution in [0.5, 0.6) is 0 Å². The number of nitrogens with two attached hydrogens (primary N) is 1. The van der Waals surface area contributed by atoms with Crippen LogP contribution in [0.1, 0.15) is 19.8 Å². The molecule has 1 heterocycles. The van der Waals surface area contributed by atoms with E-state index in [1.807, 2.05) is 0 Å². The van der Waals surface area contributed by atoms with Crippen LogP contribution in [0.2, 0.25) is 0 Å². The number of anilines is 2. The predicted molar refractivity (Wildman–Crippen MR) is 76.3 cm³/mol. The van der Waals surface area contributed by atoms with Gasteiger partial charge in [-0.1, -0.05) is 13.0 Å². The Labute approximate surface area is 112 Å². The van der Waals surface area contributed by atoms with Crippen molar-refractivity contribution >= 4 is 17.1 Å². The lowest BCUT2D eigenvalue weighted by molar-refractivity contribution is -0.383. The van der Waals surface area contributed by atoms with Gasteiger partial charge in [-0.2, -0.15) is 0 Å². The Hall–Kier alpha value is -1.82. The first-order valence-electron chi connectivity index (χ1n) is 6.63. The fourth-order valence-electron chi connectivity index (χ4n) is 2.56. The number of nitrogen functional groups attached to an aromatic ring is 1. The number of benzene rings is 1. The zero-order valence-corrected chi connectivity index (χ0v) is 11.1. The van der Waals surface area contributed by atoms with Gasteiger partial charge in [0.2, 0.25) is 0 Å². The number of hydrogen-bond acceptors (Lipinski definition) is 5.